The van der Waals surface area contributed by atoms with Crippen LogP contribution >= 0.6 is 0 Å². The molecule has 0 unspecified atom stereocenters. The Kier molecular flexibility index (Phi) is 5.43. The predicted octanol–water partition coefficient (Wildman–Crippen LogP) is 3.33. The highest BCUT2D eigenvalue weighted by Gasteiger charge is 2.08. The van der Waals surface area contributed by atoms with Crippen LogP contribution in [0.25, 0.3) is 6.08 Å². The summed E-state index contributed by atoms with van der Waals surface area (Å²) in [7, 11) is 1.60. The summed E-state index contributed by atoms with van der Waals surface area (Å²) in [5.74, 6) is 1.82. The second-order valence-electron chi connectivity index (χ2n) is 4.53. The van der Waals surface area contributed by atoms with Crippen molar-refractivity contribution in [1.29, 1.82) is 0 Å². The van der Waals surface area contributed by atoms with Crippen molar-refractivity contribution < 1.29 is 14.3 Å². The van der Waals surface area contributed by atoms with E-state index in [0.29, 0.717) is 24.0 Å². The number of ether oxygens (including phenoxy) is 2. The van der Waals surface area contributed by atoms with E-state index in [0.717, 1.165) is 5.56 Å². The second kappa shape index (κ2) is 6.84. The van der Waals surface area contributed by atoms with Crippen molar-refractivity contribution >= 4 is 11.9 Å². The molecule has 0 radical (unpaired) electrons. The molecule has 3 heteroatoms. The molecule has 1 aromatic carbocycles. The lowest BCUT2D eigenvalue weighted by Gasteiger charge is -2.14. The smallest absolute Gasteiger partial charge is 0.167 e. The number of ketones is 1. The number of methoxy groups -OCH3 is 1. The fraction of sp³-hybridized carbons (Fsp3) is 0.400. The van der Waals surface area contributed by atoms with Gasteiger partial charge in [-0.25, -0.2) is 0 Å². The lowest BCUT2D eigenvalue weighted by molar-refractivity contribution is -0.112. The van der Waals surface area contributed by atoms with Gasteiger partial charge in [-0.2, -0.15) is 0 Å². The Morgan fingerprint density at radius 2 is 2.11 bits per heavy atom. The van der Waals surface area contributed by atoms with E-state index in [1.807, 2.05) is 18.2 Å². The van der Waals surface area contributed by atoms with Crippen LogP contribution in [0.1, 0.15) is 26.3 Å². The zero-order valence-corrected chi connectivity index (χ0v) is 11.4. The first-order valence-electron chi connectivity index (χ1n) is 6.03. The minimum atomic E-state index is 0.00514. The largest absolute Gasteiger partial charge is 0.492 e. The van der Waals surface area contributed by atoms with E-state index in [-0.39, 0.29) is 5.78 Å². The normalized spacial score (nSPS) is 10.9. The average Bonchev–Trinajstić information content (AvgIpc) is 2.33. The molecule has 1 rings (SSSR count). The third-order valence-corrected chi connectivity index (χ3v) is 2.28. The molecule has 0 saturated heterocycles. The van der Waals surface area contributed by atoms with Crippen LogP contribution in [0, 0.1) is 5.92 Å². The Balaban J connectivity index is 2.98. The maximum Gasteiger partial charge on any atom is 0.167 e. The monoisotopic (exact) mass is 248 g/mol. The molecule has 0 aliphatic rings. The Bertz CT molecular complexity index is 433. The van der Waals surface area contributed by atoms with Crippen LogP contribution < -0.4 is 9.47 Å². The summed E-state index contributed by atoms with van der Waals surface area (Å²) in [5.41, 5.74) is 0.842. The summed E-state index contributed by atoms with van der Waals surface area (Å²) < 4.78 is 11.0. The van der Waals surface area contributed by atoms with Gasteiger partial charge >= 0.3 is 0 Å². The molecule has 0 heterocycles. The summed E-state index contributed by atoms with van der Waals surface area (Å²) in [6, 6.07) is 5.64. The zero-order chi connectivity index (χ0) is 13.5. The molecule has 0 aliphatic carbocycles. The third kappa shape index (κ3) is 4.24. The first-order valence-corrected chi connectivity index (χ1v) is 6.03. The van der Waals surface area contributed by atoms with Crippen LogP contribution in [0.4, 0.5) is 0 Å². The lowest BCUT2D eigenvalue weighted by Crippen LogP contribution is -2.05. The van der Waals surface area contributed by atoms with Gasteiger partial charge in [0.2, 0.25) is 0 Å². The number of hydrogen-bond donors (Lipinski definition) is 0. The van der Waals surface area contributed by atoms with Crippen molar-refractivity contribution in [2.45, 2.75) is 20.8 Å². The number of benzene rings is 1. The third-order valence-electron chi connectivity index (χ3n) is 2.28. The summed E-state index contributed by atoms with van der Waals surface area (Å²) in [6.45, 7) is 6.33. The second-order valence-corrected chi connectivity index (χ2v) is 4.53. The van der Waals surface area contributed by atoms with E-state index in [1.165, 1.54) is 13.0 Å². The van der Waals surface area contributed by atoms with Gasteiger partial charge < -0.3 is 9.47 Å². The van der Waals surface area contributed by atoms with Crippen molar-refractivity contribution in [1.82, 2.24) is 0 Å². The van der Waals surface area contributed by atoms with Crippen molar-refractivity contribution in [3.05, 3.63) is 29.8 Å². The maximum absolute atomic E-state index is 11.0. The van der Waals surface area contributed by atoms with E-state index in [2.05, 4.69) is 13.8 Å². The zero-order valence-electron chi connectivity index (χ0n) is 11.4. The molecule has 0 fully saturated rings. The van der Waals surface area contributed by atoms with Gasteiger partial charge in [-0.05, 0) is 31.1 Å². The molecule has 0 amide bonds. The quantitative estimate of drug-likeness (QED) is 0.724. The molecule has 0 spiro atoms. The first-order chi connectivity index (χ1) is 8.54. The van der Waals surface area contributed by atoms with E-state index < -0.39 is 0 Å². The van der Waals surface area contributed by atoms with Crippen molar-refractivity contribution in [2.24, 2.45) is 5.92 Å². The van der Waals surface area contributed by atoms with Crippen LogP contribution in [0.3, 0.4) is 0 Å². The molecule has 1 aromatic rings. The van der Waals surface area contributed by atoms with Crippen LogP contribution in [-0.2, 0) is 4.79 Å². The minimum absolute atomic E-state index is 0.00514. The molecule has 0 aromatic heterocycles. The van der Waals surface area contributed by atoms with Crippen LogP contribution in [0.15, 0.2) is 24.3 Å². The number of rotatable bonds is 6. The standard InChI is InChI=1S/C15H20O3/c1-11(2)10-18-14-7-5-6-13(15(14)17-4)9-8-12(3)16/h5-9,11H,10H2,1-4H3/b9-8+. The summed E-state index contributed by atoms with van der Waals surface area (Å²) >= 11 is 0. The average molecular weight is 248 g/mol. The van der Waals surface area contributed by atoms with Crippen LogP contribution in [-0.4, -0.2) is 19.5 Å². The van der Waals surface area contributed by atoms with Crippen molar-refractivity contribution in [2.75, 3.05) is 13.7 Å². The maximum atomic E-state index is 11.0. The van der Waals surface area contributed by atoms with Gasteiger partial charge in [0.1, 0.15) is 0 Å². The molecule has 18 heavy (non-hydrogen) atoms. The summed E-state index contributed by atoms with van der Waals surface area (Å²) in [4.78, 5) is 11.0. The molecule has 98 valence electrons. The Labute approximate surface area is 108 Å². The van der Waals surface area contributed by atoms with Gasteiger partial charge in [-0.1, -0.05) is 26.0 Å². The van der Waals surface area contributed by atoms with Crippen molar-refractivity contribution in [3.8, 4) is 11.5 Å². The predicted molar refractivity (Wildman–Crippen MR) is 73.0 cm³/mol. The number of hydrogen-bond acceptors (Lipinski definition) is 3. The Morgan fingerprint density at radius 3 is 2.67 bits per heavy atom. The van der Waals surface area contributed by atoms with Crippen LogP contribution in [0.5, 0.6) is 11.5 Å². The fourth-order valence-corrected chi connectivity index (χ4v) is 1.46. The van der Waals surface area contributed by atoms with E-state index in [9.17, 15) is 4.79 Å². The SMILES string of the molecule is COc1c(/C=C/C(C)=O)cccc1OCC(C)C. The van der Waals surface area contributed by atoms with Gasteiger partial charge in [0.15, 0.2) is 17.3 Å². The minimum Gasteiger partial charge on any atom is -0.492 e. The first kappa shape index (κ1) is 14.3. The topological polar surface area (TPSA) is 35.5 Å². The Hall–Kier alpha value is -1.77. The molecule has 0 atom stereocenters. The fourth-order valence-electron chi connectivity index (χ4n) is 1.46. The van der Waals surface area contributed by atoms with E-state index in [4.69, 9.17) is 9.47 Å². The molecule has 0 aliphatic heterocycles. The number of para-hydroxylation sites is 1. The molecule has 0 N–H and O–H groups in total. The molecular formula is C15H20O3. The Morgan fingerprint density at radius 1 is 1.39 bits per heavy atom. The van der Waals surface area contributed by atoms with Crippen LogP contribution in [0.2, 0.25) is 0 Å². The molecule has 3 nitrogen and oxygen atoms in total. The highest BCUT2D eigenvalue weighted by atomic mass is 16.5. The number of allylic oxidation sites excluding steroid dienone is 1. The number of carbonyl (C=O) groups excluding carboxylic acids is 1. The molecule has 0 saturated carbocycles. The van der Waals surface area contributed by atoms with E-state index in [1.54, 1.807) is 13.2 Å². The summed E-state index contributed by atoms with van der Waals surface area (Å²) in [5, 5.41) is 0. The highest BCUT2D eigenvalue weighted by molar-refractivity contribution is 5.92. The summed E-state index contributed by atoms with van der Waals surface area (Å²) in [6.07, 6.45) is 3.26. The van der Waals surface area contributed by atoms with E-state index >= 15 is 0 Å². The molecule has 0 bridgehead atoms. The number of carbonyl (C=O) groups is 1. The van der Waals surface area contributed by atoms with Gasteiger partial charge in [0.05, 0.1) is 13.7 Å². The highest BCUT2D eigenvalue weighted by Crippen LogP contribution is 2.32. The van der Waals surface area contributed by atoms with Gasteiger partial charge in [0.25, 0.3) is 0 Å². The van der Waals surface area contributed by atoms with Crippen molar-refractivity contribution in [3.63, 3.8) is 0 Å². The van der Waals surface area contributed by atoms with Gasteiger partial charge in [-0.15, -0.1) is 0 Å². The molecular weight excluding hydrogens is 228 g/mol. The lowest BCUT2D eigenvalue weighted by atomic mass is 10.1. The van der Waals surface area contributed by atoms with Gasteiger partial charge in [0, 0.05) is 5.56 Å². The van der Waals surface area contributed by atoms with Gasteiger partial charge in [-0.3, -0.25) is 4.79 Å².